The number of hydrogen-bond acceptors (Lipinski definition) is 2. The van der Waals surface area contributed by atoms with E-state index in [0.29, 0.717) is 5.92 Å². The largest absolute Gasteiger partial charge is 0.493 e. The van der Waals surface area contributed by atoms with Gasteiger partial charge in [-0.15, -0.1) is 0 Å². The van der Waals surface area contributed by atoms with Gasteiger partial charge in [0, 0.05) is 5.92 Å². The van der Waals surface area contributed by atoms with Gasteiger partial charge in [-0.05, 0) is 12.8 Å². The Bertz CT molecular complexity index is 264. The van der Waals surface area contributed by atoms with Crippen molar-refractivity contribution in [3.8, 4) is 5.75 Å². The third kappa shape index (κ3) is 1.69. The van der Waals surface area contributed by atoms with Crippen LogP contribution in [0.15, 0.2) is 6.20 Å². The Labute approximate surface area is 78.5 Å². The fourth-order valence-corrected chi connectivity index (χ4v) is 2.13. The van der Waals surface area contributed by atoms with Crippen molar-refractivity contribution in [2.75, 3.05) is 7.11 Å². The first-order valence-corrected chi connectivity index (χ1v) is 4.99. The second kappa shape index (κ2) is 3.81. The van der Waals surface area contributed by atoms with E-state index in [1.807, 2.05) is 0 Å². The molecule has 3 nitrogen and oxygen atoms in total. The summed E-state index contributed by atoms with van der Waals surface area (Å²) in [6, 6.07) is 0. The van der Waals surface area contributed by atoms with E-state index in [1.54, 1.807) is 13.3 Å². The molecule has 0 aliphatic heterocycles. The summed E-state index contributed by atoms with van der Waals surface area (Å²) in [6.07, 6.45) is 8.38. The number of nitrogens with zero attached hydrogens (tertiary/aromatic N) is 1. The third-order valence-electron chi connectivity index (χ3n) is 2.87. The molecule has 1 N–H and O–H groups in total. The van der Waals surface area contributed by atoms with Crippen molar-refractivity contribution in [3.63, 3.8) is 0 Å². The molecule has 3 heteroatoms. The molecule has 1 saturated carbocycles. The Hall–Kier alpha value is -0.990. The van der Waals surface area contributed by atoms with E-state index in [0.717, 1.165) is 5.75 Å². The molecule has 0 radical (unpaired) electrons. The van der Waals surface area contributed by atoms with E-state index in [2.05, 4.69) is 10.2 Å². The van der Waals surface area contributed by atoms with Crippen molar-refractivity contribution in [1.82, 2.24) is 10.2 Å². The van der Waals surface area contributed by atoms with Crippen molar-refractivity contribution >= 4 is 0 Å². The lowest BCUT2D eigenvalue weighted by Gasteiger charge is -2.20. The zero-order valence-corrected chi connectivity index (χ0v) is 8.05. The summed E-state index contributed by atoms with van der Waals surface area (Å²) >= 11 is 0. The highest BCUT2D eigenvalue weighted by Crippen LogP contribution is 2.35. The van der Waals surface area contributed by atoms with Gasteiger partial charge in [-0.2, -0.15) is 5.10 Å². The number of methoxy groups -OCH3 is 1. The van der Waals surface area contributed by atoms with Crippen LogP contribution < -0.4 is 4.74 Å². The monoisotopic (exact) mass is 180 g/mol. The minimum Gasteiger partial charge on any atom is -0.493 e. The fraction of sp³-hybridized carbons (Fsp3) is 0.700. The molecule has 72 valence electrons. The topological polar surface area (TPSA) is 37.9 Å². The molecule has 0 unspecified atom stereocenters. The number of H-pyrrole nitrogens is 1. The predicted molar refractivity (Wildman–Crippen MR) is 51.0 cm³/mol. The molecule has 0 spiro atoms. The molecule has 0 amide bonds. The van der Waals surface area contributed by atoms with Crippen LogP contribution in [0.3, 0.4) is 0 Å². The fourth-order valence-electron chi connectivity index (χ4n) is 2.13. The molecule has 0 saturated heterocycles. The van der Waals surface area contributed by atoms with Crippen LogP contribution in [-0.4, -0.2) is 17.3 Å². The van der Waals surface area contributed by atoms with Gasteiger partial charge in [0.1, 0.15) is 0 Å². The molecule has 1 heterocycles. The van der Waals surface area contributed by atoms with Crippen LogP contribution in [0.4, 0.5) is 0 Å². The molecule has 1 aromatic heterocycles. The summed E-state index contributed by atoms with van der Waals surface area (Å²) in [7, 11) is 1.71. The Morgan fingerprint density at radius 2 is 2.15 bits per heavy atom. The molecule has 13 heavy (non-hydrogen) atoms. The van der Waals surface area contributed by atoms with E-state index in [-0.39, 0.29) is 0 Å². The number of ether oxygens (including phenoxy) is 1. The number of hydrogen-bond donors (Lipinski definition) is 1. The average Bonchev–Trinajstić information content (AvgIpc) is 2.67. The molecule has 2 rings (SSSR count). The van der Waals surface area contributed by atoms with E-state index >= 15 is 0 Å². The number of aromatic amines is 1. The highest BCUT2D eigenvalue weighted by Gasteiger charge is 2.20. The van der Waals surface area contributed by atoms with Crippen LogP contribution in [0.2, 0.25) is 0 Å². The molecule has 1 aliphatic rings. The smallest absolute Gasteiger partial charge is 0.159 e. The molecule has 0 aromatic carbocycles. The van der Waals surface area contributed by atoms with Crippen LogP contribution in [0.1, 0.15) is 43.7 Å². The number of nitrogens with one attached hydrogen (secondary N) is 1. The molecule has 0 bridgehead atoms. The standard InChI is InChI=1S/C10H16N2O/c1-13-9-7-11-12-10(9)8-5-3-2-4-6-8/h7-8H,2-6H2,1H3,(H,11,12). The number of aromatic nitrogens is 2. The van der Waals surface area contributed by atoms with Crippen LogP contribution in [0.5, 0.6) is 5.75 Å². The summed E-state index contributed by atoms with van der Waals surface area (Å²) in [6.45, 7) is 0. The van der Waals surface area contributed by atoms with Gasteiger partial charge in [0.15, 0.2) is 5.75 Å². The van der Waals surface area contributed by atoms with Crippen molar-refractivity contribution < 1.29 is 4.74 Å². The molecule has 1 aromatic rings. The minimum atomic E-state index is 0.645. The normalized spacial score (nSPS) is 18.8. The summed E-state index contributed by atoms with van der Waals surface area (Å²) in [4.78, 5) is 0. The highest BCUT2D eigenvalue weighted by atomic mass is 16.5. The summed E-state index contributed by atoms with van der Waals surface area (Å²) in [5.74, 6) is 1.57. The SMILES string of the molecule is COc1cn[nH]c1C1CCCCC1. The summed E-state index contributed by atoms with van der Waals surface area (Å²) < 4.78 is 5.24. The Morgan fingerprint density at radius 1 is 1.38 bits per heavy atom. The first-order valence-electron chi connectivity index (χ1n) is 4.99. The zero-order chi connectivity index (χ0) is 9.10. The maximum Gasteiger partial charge on any atom is 0.159 e. The van der Waals surface area contributed by atoms with Gasteiger partial charge >= 0.3 is 0 Å². The van der Waals surface area contributed by atoms with Crippen LogP contribution in [0, 0.1) is 0 Å². The van der Waals surface area contributed by atoms with Crippen LogP contribution >= 0.6 is 0 Å². The highest BCUT2D eigenvalue weighted by molar-refractivity contribution is 5.27. The van der Waals surface area contributed by atoms with Gasteiger partial charge in [-0.25, -0.2) is 0 Å². The van der Waals surface area contributed by atoms with Crippen LogP contribution in [0.25, 0.3) is 0 Å². The van der Waals surface area contributed by atoms with Crippen LogP contribution in [-0.2, 0) is 0 Å². The van der Waals surface area contributed by atoms with E-state index < -0.39 is 0 Å². The van der Waals surface area contributed by atoms with Gasteiger partial charge in [0.05, 0.1) is 19.0 Å². The van der Waals surface area contributed by atoms with Gasteiger partial charge < -0.3 is 4.74 Å². The van der Waals surface area contributed by atoms with Gasteiger partial charge in [0.25, 0.3) is 0 Å². The van der Waals surface area contributed by atoms with Gasteiger partial charge in [-0.1, -0.05) is 19.3 Å². The van der Waals surface area contributed by atoms with Crippen molar-refractivity contribution in [2.24, 2.45) is 0 Å². The van der Waals surface area contributed by atoms with Crippen molar-refractivity contribution in [3.05, 3.63) is 11.9 Å². The first-order chi connectivity index (χ1) is 6.42. The van der Waals surface area contributed by atoms with Crippen molar-refractivity contribution in [1.29, 1.82) is 0 Å². The first kappa shape index (κ1) is 8.60. The van der Waals surface area contributed by atoms with E-state index in [9.17, 15) is 0 Å². The lowest BCUT2D eigenvalue weighted by molar-refractivity contribution is 0.385. The van der Waals surface area contributed by atoms with Crippen molar-refractivity contribution in [2.45, 2.75) is 38.0 Å². The molecular formula is C10H16N2O. The summed E-state index contributed by atoms with van der Waals surface area (Å²) in [5.41, 5.74) is 1.20. The molecular weight excluding hydrogens is 164 g/mol. The van der Waals surface area contributed by atoms with Gasteiger partial charge in [0.2, 0.25) is 0 Å². The average molecular weight is 180 g/mol. The maximum atomic E-state index is 5.24. The Morgan fingerprint density at radius 3 is 2.85 bits per heavy atom. The minimum absolute atomic E-state index is 0.645. The van der Waals surface area contributed by atoms with E-state index in [1.165, 1.54) is 37.8 Å². The second-order valence-electron chi connectivity index (χ2n) is 3.69. The molecule has 1 aliphatic carbocycles. The summed E-state index contributed by atoms with van der Waals surface area (Å²) in [5, 5.41) is 7.07. The second-order valence-corrected chi connectivity index (χ2v) is 3.69. The number of rotatable bonds is 2. The molecule has 0 atom stereocenters. The third-order valence-corrected chi connectivity index (χ3v) is 2.87. The van der Waals surface area contributed by atoms with E-state index in [4.69, 9.17) is 4.74 Å². The maximum absolute atomic E-state index is 5.24. The lowest BCUT2D eigenvalue weighted by Crippen LogP contribution is -2.06. The Balaban J connectivity index is 2.13. The quantitative estimate of drug-likeness (QED) is 0.759. The lowest BCUT2D eigenvalue weighted by atomic mass is 9.87. The molecule has 1 fully saturated rings. The zero-order valence-electron chi connectivity index (χ0n) is 8.05. The Kier molecular flexibility index (Phi) is 2.52. The predicted octanol–water partition coefficient (Wildman–Crippen LogP) is 2.47. The van der Waals surface area contributed by atoms with Gasteiger partial charge in [-0.3, -0.25) is 5.10 Å².